The second kappa shape index (κ2) is 7.81. The molecule has 0 heterocycles. The summed E-state index contributed by atoms with van der Waals surface area (Å²) in [5.74, 6) is -0.0299. The van der Waals surface area contributed by atoms with Crippen LogP contribution in [-0.2, 0) is 11.3 Å². The molecule has 1 atom stereocenters. The van der Waals surface area contributed by atoms with Gasteiger partial charge >= 0.3 is 0 Å². The zero-order valence-electron chi connectivity index (χ0n) is 12.0. The molecule has 3 nitrogen and oxygen atoms in total. The Kier molecular flexibility index (Phi) is 5.78. The molecule has 0 aliphatic carbocycles. The van der Waals surface area contributed by atoms with E-state index >= 15 is 0 Å². The summed E-state index contributed by atoms with van der Waals surface area (Å²) < 4.78 is 0. The van der Waals surface area contributed by atoms with E-state index in [1.54, 1.807) is 0 Å². The Hall–Kier alpha value is -1.84. The van der Waals surface area contributed by atoms with Gasteiger partial charge in [-0.3, -0.25) is 4.79 Å². The van der Waals surface area contributed by atoms with E-state index in [4.69, 9.17) is 11.6 Å². The SMILES string of the molecule is CC(NCC(=O)NCc1ccccc1)c1ccccc1Cl. The topological polar surface area (TPSA) is 41.1 Å². The summed E-state index contributed by atoms with van der Waals surface area (Å²) in [5, 5.41) is 6.78. The van der Waals surface area contributed by atoms with Crippen molar-refractivity contribution in [3.63, 3.8) is 0 Å². The Bertz CT molecular complexity index is 586. The molecular formula is C17H19ClN2O. The van der Waals surface area contributed by atoms with Gasteiger partial charge in [0.15, 0.2) is 0 Å². The maximum Gasteiger partial charge on any atom is 0.234 e. The Morgan fingerprint density at radius 1 is 1.10 bits per heavy atom. The number of nitrogens with one attached hydrogen (secondary N) is 2. The summed E-state index contributed by atoms with van der Waals surface area (Å²) in [7, 11) is 0. The first-order valence-electron chi connectivity index (χ1n) is 6.95. The predicted octanol–water partition coefficient (Wildman–Crippen LogP) is 3.31. The van der Waals surface area contributed by atoms with Crippen LogP contribution in [0.5, 0.6) is 0 Å². The van der Waals surface area contributed by atoms with E-state index in [0.29, 0.717) is 11.6 Å². The summed E-state index contributed by atoms with van der Waals surface area (Å²) in [5.41, 5.74) is 2.08. The van der Waals surface area contributed by atoms with Crippen molar-refractivity contribution in [1.82, 2.24) is 10.6 Å². The lowest BCUT2D eigenvalue weighted by Crippen LogP contribution is -2.34. The molecule has 1 unspecified atom stereocenters. The fraction of sp³-hybridized carbons (Fsp3) is 0.235. The van der Waals surface area contributed by atoms with Crippen molar-refractivity contribution in [3.8, 4) is 0 Å². The van der Waals surface area contributed by atoms with Gasteiger partial charge in [0.05, 0.1) is 6.54 Å². The minimum atomic E-state index is -0.0299. The van der Waals surface area contributed by atoms with Gasteiger partial charge < -0.3 is 10.6 Å². The molecule has 4 heteroatoms. The molecule has 0 aliphatic rings. The number of amides is 1. The highest BCUT2D eigenvalue weighted by molar-refractivity contribution is 6.31. The second-order valence-electron chi connectivity index (χ2n) is 4.89. The van der Waals surface area contributed by atoms with Crippen molar-refractivity contribution in [2.45, 2.75) is 19.5 Å². The number of rotatable bonds is 6. The highest BCUT2D eigenvalue weighted by Gasteiger charge is 2.10. The lowest BCUT2D eigenvalue weighted by Gasteiger charge is -2.15. The number of hydrogen-bond acceptors (Lipinski definition) is 2. The Balaban J connectivity index is 1.77. The van der Waals surface area contributed by atoms with E-state index in [1.807, 2.05) is 61.5 Å². The third-order valence-corrected chi connectivity index (χ3v) is 3.62. The largest absolute Gasteiger partial charge is 0.351 e. The van der Waals surface area contributed by atoms with Crippen molar-refractivity contribution < 1.29 is 4.79 Å². The van der Waals surface area contributed by atoms with Crippen LogP contribution in [0.2, 0.25) is 5.02 Å². The van der Waals surface area contributed by atoms with Crippen molar-refractivity contribution in [3.05, 3.63) is 70.7 Å². The smallest absolute Gasteiger partial charge is 0.234 e. The monoisotopic (exact) mass is 302 g/mol. The molecule has 0 saturated carbocycles. The zero-order valence-corrected chi connectivity index (χ0v) is 12.7. The van der Waals surface area contributed by atoms with E-state index in [9.17, 15) is 4.79 Å². The molecule has 0 spiro atoms. The van der Waals surface area contributed by atoms with Gasteiger partial charge in [0.1, 0.15) is 0 Å². The van der Waals surface area contributed by atoms with Crippen molar-refractivity contribution in [1.29, 1.82) is 0 Å². The molecule has 2 rings (SSSR count). The number of carbonyl (C=O) groups is 1. The van der Waals surface area contributed by atoms with Crippen LogP contribution in [0.4, 0.5) is 0 Å². The predicted molar refractivity (Wildman–Crippen MR) is 86.2 cm³/mol. The van der Waals surface area contributed by atoms with E-state index in [-0.39, 0.29) is 18.5 Å². The number of halogens is 1. The average Bonchev–Trinajstić information content (AvgIpc) is 2.52. The molecule has 0 radical (unpaired) electrons. The summed E-state index contributed by atoms with van der Waals surface area (Å²) in [4.78, 5) is 11.8. The third-order valence-electron chi connectivity index (χ3n) is 3.27. The zero-order chi connectivity index (χ0) is 15.1. The number of hydrogen-bond donors (Lipinski definition) is 2. The van der Waals surface area contributed by atoms with E-state index in [1.165, 1.54) is 0 Å². The van der Waals surface area contributed by atoms with E-state index < -0.39 is 0 Å². The molecule has 2 N–H and O–H groups in total. The van der Waals surface area contributed by atoms with E-state index in [2.05, 4.69) is 10.6 Å². The first kappa shape index (κ1) is 15.5. The second-order valence-corrected chi connectivity index (χ2v) is 5.29. The third kappa shape index (κ3) is 4.88. The van der Waals surface area contributed by atoms with Crippen LogP contribution in [0.25, 0.3) is 0 Å². The van der Waals surface area contributed by atoms with Gasteiger partial charge in [-0.05, 0) is 24.1 Å². The fourth-order valence-corrected chi connectivity index (χ4v) is 2.34. The Morgan fingerprint density at radius 2 is 1.76 bits per heavy atom. The van der Waals surface area contributed by atoms with Crippen LogP contribution < -0.4 is 10.6 Å². The molecule has 0 saturated heterocycles. The summed E-state index contributed by atoms with van der Waals surface area (Å²) in [6.45, 7) is 2.80. The van der Waals surface area contributed by atoms with Gasteiger partial charge in [-0.25, -0.2) is 0 Å². The van der Waals surface area contributed by atoms with Crippen molar-refractivity contribution >= 4 is 17.5 Å². The van der Waals surface area contributed by atoms with Crippen LogP contribution in [-0.4, -0.2) is 12.5 Å². The van der Waals surface area contributed by atoms with Gasteiger partial charge in [0, 0.05) is 17.6 Å². The van der Waals surface area contributed by atoms with Crippen molar-refractivity contribution in [2.24, 2.45) is 0 Å². The molecule has 0 bridgehead atoms. The average molecular weight is 303 g/mol. The number of carbonyl (C=O) groups excluding carboxylic acids is 1. The molecule has 2 aromatic carbocycles. The quantitative estimate of drug-likeness (QED) is 0.859. The Morgan fingerprint density at radius 3 is 2.48 bits per heavy atom. The summed E-state index contributed by atoms with van der Waals surface area (Å²) in [6.07, 6.45) is 0. The van der Waals surface area contributed by atoms with Crippen LogP contribution in [0, 0.1) is 0 Å². The van der Waals surface area contributed by atoms with Crippen LogP contribution in [0.3, 0.4) is 0 Å². The number of benzene rings is 2. The van der Waals surface area contributed by atoms with Gasteiger partial charge in [0.25, 0.3) is 0 Å². The maximum absolute atomic E-state index is 11.8. The van der Waals surface area contributed by atoms with E-state index in [0.717, 1.165) is 11.1 Å². The van der Waals surface area contributed by atoms with Crippen LogP contribution >= 0.6 is 11.6 Å². The molecule has 0 aromatic heterocycles. The molecule has 1 amide bonds. The molecular weight excluding hydrogens is 284 g/mol. The summed E-state index contributed by atoms with van der Waals surface area (Å²) in [6, 6.07) is 17.5. The molecule has 2 aromatic rings. The first-order chi connectivity index (χ1) is 10.2. The van der Waals surface area contributed by atoms with Crippen molar-refractivity contribution in [2.75, 3.05) is 6.54 Å². The van der Waals surface area contributed by atoms with Gasteiger partial charge in [-0.15, -0.1) is 0 Å². The summed E-state index contributed by atoms with van der Waals surface area (Å²) >= 11 is 6.14. The van der Waals surface area contributed by atoms with Gasteiger partial charge in [0.2, 0.25) is 5.91 Å². The minimum absolute atomic E-state index is 0.0289. The lowest BCUT2D eigenvalue weighted by atomic mass is 10.1. The van der Waals surface area contributed by atoms with Gasteiger partial charge in [-0.2, -0.15) is 0 Å². The van der Waals surface area contributed by atoms with Crippen LogP contribution in [0.15, 0.2) is 54.6 Å². The minimum Gasteiger partial charge on any atom is -0.351 e. The first-order valence-corrected chi connectivity index (χ1v) is 7.33. The van der Waals surface area contributed by atoms with Crippen LogP contribution in [0.1, 0.15) is 24.1 Å². The molecule has 0 aliphatic heterocycles. The van der Waals surface area contributed by atoms with Gasteiger partial charge in [-0.1, -0.05) is 60.1 Å². The highest BCUT2D eigenvalue weighted by Crippen LogP contribution is 2.21. The standard InChI is InChI=1S/C17H19ClN2O/c1-13(15-9-5-6-10-16(15)18)19-12-17(21)20-11-14-7-3-2-4-8-14/h2-10,13,19H,11-12H2,1H3,(H,20,21). The molecule has 0 fully saturated rings. The Labute approximate surface area is 130 Å². The highest BCUT2D eigenvalue weighted by atomic mass is 35.5. The normalized spacial score (nSPS) is 11.9. The fourth-order valence-electron chi connectivity index (χ4n) is 2.04. The molecule has 21 heavy (non-hydrogen) atoms. The molecule has 110 valence electrons. The lowest BCUT2D eigenvalue weighted by molar-refractivity contribution is -0.120. The maximum atomic E-state index is 11.8.